The Morgan fingerprint density at radius 1 is 1.15 bits per heavy atom. The van der Waals surface area contributed by atoms with Crippen molar-refractivity contribution >= 4 is 38.8 Å². The SMILES string of the molecule is CC1CCN(c2ccc(NC3=NS(=O)(=O)c4ccccc43)cc2Cl)CC1. The normalized spacial score (nSPS) is 19.2. The second kappa shape index (κ2) is 6.59. The van der Waals surface area contributed by atoms with E-state index >= 15 is 0 Å². The average molecular weight is 390 g/mol. The van der Waals surface area contributed by atoms with Crippen LogP contribution >= 0.6 is 11.6 Å². The number of sulfonamides is 1. The first-order chi connectivity index (χ1) is 12.4. The van der Waals surface area contributed by atoms with Gasteiger partial charge in [-0.15, -0.1) is 4.40 Å². The summed E-state index contributed by atoms with van der Waals surface area (Å²) in [6.07, 6.45) is 2.34. The number of anilines is 2. The predicted octanol–water partition coefficient (Wildman–Crippen LogP) is 4.14. The van der Waals surface area contributed by atoms with Crippen LogP contribution in [0.4, 0.5) is 11.4 Å². The highest BCUT2D eigenvalue weighted by Crippen LogP contribution is 2.33. The molecule has 0 radical (unpaired) electrons. The van der Waals surface area contributed by atoms with Crippen molar-refractivity contribution in [2.45, 2.75) is 24.7 Å². The molecule has 2 heterocycles. The third-order valence-corrected chi connectivity index (χ3v) is 6.60. The van der Waals surface area contributed by atoms with Crippen LogP contribution in [0.3, 0.4) is 0 Å². The summed E-state index contributed by atoms with van der Waals surface area (Å²) in [7, 11) is -3.63. The molecule has 0 aromatic heterocycles. The quantitative estimate of drug-likeness (QED) is 0.838. The molecule has 0 spiro atoms. The third kappa shape index (κ3) is 3.19. The van der Waals surface area contributed by atoms with E-state index in [-0.39, 0.29) is 4.90 Å². The fraction of sp³-hybridized carbons (Fsp3) is 0.316. The maximum Gasteiger partial charge on any atom is 0.285 e. The van der Waals surface area contributed by atoms with Gasteiger partial charge in [0.05, 0.1) is 10.7 Å². The molecule has 26 heavy (non-hydrogen) atoms. The highest BCUT2D eigenvalue weighted by Gasteiger charge is 2.28. The van der Waals surface area contributed by atoms with E-state index in [1.54, 1.807) is 24.3 Å². The Bertz CT molecular complexity index is 980. The smallest absolute Gasteiger partial charge is 0.285 e. The monoisotopic (exact) mass is 389 g/mol. The van der Waals surface area contributed by atoms with Gasteiger partial charge in [0.25, 0.3) is 10.0 Å². The van der Waals surface area contributed by atoms with Crippen molar-refractivity contribution in [1.29, 1.82) is 0 Å². The number of amidine groups is 1. The van der Waals surface area contributed by atoms with E-state index in [2.05, 4.69) is 21.5 Å². The Labute approximate surface area is 158 Å². The Balaban J connectivity index is 1.58. The van der Waals surface area contributed by atoms with Gasteiger partial charge in [0, 0.05) is 24.3 Å². The van der Waals surface area contributed by atoms with E-state index in [1.807, 2.05) is 18.2 Å². The highest BCUT2D eigenvalue weighted by atomic mass is 35.5. The van der Waals surface area contributed by atoms with Crippen LogP contribution in [0.2, 0.25) is 5.02 Å². The number of hydrogen-bond acceptors (Lipinski definition) is 4. The Kier molecular flexibility index (Phi) is 4.40. The highest BCUT2D eigenvalue weighted by molar-refractivity contribution is 7.90. The average Bonchev–Trinajstić information content (AvgIpc) is 2.87. The number of fused-ring (bicyclic) bond motifs is 1. The van der Waals surface area contributed by atoms with Crippen molar-refractivity contribution in [3.8, 4) is 0 Å². The molecule has 1 saturated heterocycles. The molecule has 7 heteroatoms. The topological polar surface area (TPSA) is 61.8 Å². The van der Waals surface area contributed by atoms with Gasteiger partial charge in [-0.1, -0.05) is 30.7 Å². The van der Waals surface area contributed by atoms with Crippen LogP contribution in [0.15, 0.2) is 51.8 Å². The largest absolute Gasteiger partial charge is 0.370 e. The molecule has 1 N–H and O–H groups in total. The van der Waals surface area contributed by atoms with Crippen molar-refractivity contribution in [1.82, 2.24) is 0 Å². The lowest BCUT2D eigenvalue weighted by Crippen LogP contribution is -2.32. The van der Waals surface area contributed by atoms with Gasteiger partial charge in [0.15, 0.2) is 5.84 Å². The molecule has 2 aliphatic heterocycles. The summed E-state index contributed by atoms with van der Waals surface area (Å²) in [5, 5.41) is 3.75. The molecule has 0 aliphatic carbocycles. The minimum Gasteiger partial charge on any atom is -0.370 e. The zero-order valence-electron chi connectivity index (χ0n) is 14.4. The summed E-state index contributed by atoms with van der Waals surface area (Å²) < 4.78 is 28.2. The Morgan fingerprint density at radius 3 is 2.62 bits per heavy atom. The lowest BCUT2D eigenvalue weighted by atomic mass is 9.99. The standard InChI is InChI=1S/C19H20ClN3O2S/c1-13-8-10-23(11-9-13)17-7-6-14(12-16(17)20)21-19-15-4-2-3-5-18(15)26(24,25)22-19/h2-7,12-13H,8-11H2,1H3,(H,21,22). The van der Waals surface area contributed by atoms with Crippen LogP contribution in [0.1, 0.15) is 25.3 Å². The maximum absolute atomic E-state index is 12.1. The van der Waals surface area contributed by atoms with Gasteiger partial charge >= 0.3 is 0 Å². The van der Waals surface area contributed by atoms with Crippen LogP contribution in [-0.4, -0.2) is 27.3 Å². The number of nitrogens with one attached hydrogen (secondary N) is 1. The predicted molar refractivity (Wildman–Crippen MR) is 106 cm³/mol. The van der Waals surface area contributed by atoms with E-state index in [0.717, 1.165) is 30.4 Å². The lowest BCUT2D eigenvalue weighted by Gasteiger charge is -2.32. The van der Waals surface area contributed by atoms with Crippen LogP contribution < -0.4 is 10.2 Å². The number of rotatable bonds is 2. The molecule has 4 rings (SSSR count). The molecule has 2 aliphatic rings. The van der Waals surface area contributed by atoms with Crippen molar-refractivity contribution in [2.24, 2.45) is 10.3 Å². The minimum atomic E-state index is -3.63. The van der Waals surface area contributed by atoms with E-state index < -0.39 is 10.0 Å². The van der Waals surface area contributed by atoms with Gasteiger partial charge in [-0.25, -0.2) is 0 Å². The molecular formula is C19H20ClN3O2S. The van der Waals surface area contributed by atoms with E-state index in [4.69, 9.17) is 11.6 Å². The first kappa shape index (κ1) is 17.4. The number of piperidine rings is 1. The van der Waals surface area contributed by atoms with Gasteiger partial charge in [-0.05, 0) is 49.1 Å². The summed E-state index contributed by atoms with van der Waals surface area (Å²) in [5.41, 5.74) is 2.32. The van der Waals surface area contributed by atoms with Gasteiger partial charge in [-0.3, -0.25) is 0 Å². The zero-order chi connectivity index (χ0) is 18.3. The molecule has 0 bridgehead atoms. The summed E-state index contributed by atoms with van der Waals surface area (Å²) in [5.74, 6) is 1.09. The number of hydrogen-bond donors (Lipinski definition) is 1. The fourth-order valence-electron chi connectivity index (χ4n) is 3.42. The van der Waals surface area contributed by atoms with Gasteiger partial charge < -0.3 is 10.2 Å². The van der Waals surface area contributed by atoms with Crippen molar-refractivity contribution in [2.75, 3.05) is 23.3 Å². The Hall–Kier alpha value is -2.05. The zero-order valence-corrected chi connectivity index (χ0v) is 16.0. The number of benzene rings is 2. The summed E-state index contributed by atoms with van der Waals surface area (Å²) in [4.78, 5) is 2.53. The van der Waals surface area contributed by atoms with Gasteiger partial charge in [0.1, 0.15) is 4.90 Å². The molecule has 136 valence electrons. The molecule has 2 aromatic carbocycles. The summed E-state index contributed by atoms with van der Waals surface area (Å²) in [6.45, 7) is 4.29. The van der Waals surface area contributed by atoms with E-state index in [0.29, 0.717) is 16.4 Å². The number of nitrogens with zero attached hydrogens (tertiary/aromatic N) is 2. The van der Waals surface area contributed by atoms with Gasteiger partial charge in [0.2, 0.25) is 0 Å². The van der Waals surface area contributed by atoms with Crippen LogP contribution in [0, 0.1) is 5.92 Å². The van der Waals surface area contributed by atoms with Crippen LogP contribution in [-0.2, 0) is 10.0 Å². The molecule has 5 nitrogen and oxygen atoms in total. The molecule has 0 atom stereocenters. The lowest BCUT2D eigenvalue weighted by molar-refractivity contribution is 0.438. The first-order valence-corrected chi connectivity index (χ1v) is 10.5. The summed E-state index contributed by atoms with van der Waals surface area (Å²) >= 11 is 6.50. The second-order valence-electron chi connectivity index (χ2n) is 6.87. The van der Waals surface area contributed by atoms with Gasteiger partial charge in [-0.2, -0.15) is 8.42 Å². The van der Waals surface area contributed by atoms with Crippen molar-refractivity contribution in [3.63, 3.8) is 0 Å². The Morgan fingerprint density at radius 2 is 1.88 bits per heavy atom. The molecule has 0 amide bonds. The summed E-state index contributed by atoms with van der Waals surface area (Å²) in [6, 6.07) is 12.5. The fourth-order valence-corrected chi connectivity index (χ4v) is 4.90. The van der Waals surface area contributed by atoms with E-state index in [1.165, 1.54) is 12.8 Å². The van der Waals surface area contributed by atoms with Crippen LogP contribution in [0.5, 0.6) is 0 Å². The van der Waals surface area contributed by atoms with Crippen molar-refractivity contribution in [3.05, 3.63) is 53.1 Å². The molecule has 0 unspecified atom stereocenters. The second-order valence-corrected chi connectivity index (χ2v) is 8.85. The van der Waals surface area contributed by atoms with Crippen LogP contribution in [0.25, 0.3) is 0 Å². The minimum absolute atomic E-state index is 0.229. The molecule has 0 saturated carbocycles. The first-order valence-electron chi connectivity index (χ1n) is 8.70. The third-order valence-electron chi connectivity index (χ3n) is 4.97. The van der Waals surface area contributed by atoms with E-state index in [9.17, 15) is 8.42 Å². The molecule has 1 fully saturated rings. The molecule has 2 aromatic rings. The maximum atomic E-state index is 12.1. The van der Waals surface area contributed by atoms with Crippen molar-refractivity contribution < 1.29 is 8.42 Å². The molecular weight excluding hydrogens is 370 g/mol. The number of halogens is 1.